The van der Waals surface area contributed by atoms with Crippen LogP contribution in [-0.4, -0.2) is 39.8 Å². The number of furan rings is 1. The van der Waals surface area contributed by atoms with Crippen molar-refractivity contribution in [2.75, 3.05) is 32.8 Å². The molecule has 0 aliphatic heterocycles. The summed E-state index contributed by atoms with van der Waals surface area (Å²) in [6.45, 7) is 6.15. The van der Waals surface area contributed by atoms with Crippen molar-refractivity contribution in [2.45, 2.75) is 19.8 Å². The van der Waals surface area contributed by atoms with Crippen molar-refractivity contribution in [3.8, 4) is 11.5 Å². The fourth-order valence-corrected chi connectivity index (χ4v) is 2.60. The van der Waals surface area contributed by atoms with Gasteiger partial charge in [0, 0.05) is 12.6 Å². The maximum Gasteiger partial charge on any atom is 0.374 e. The molecule has 0 saturated carbocycles. The van der Waals surface area contributed by atoms with E-state index in [4.69, 9.17) is 13.9 Å². The Morgan fingerprint density at radius 2 is 1.79 bits per heavy atom. The minimum Gasteiger partial charge on any atom is -0.493 e. The van der Waals surface area contributed by atoms with Gasteiger partial charge in [-0.15, -0.1) is 6.58 Å². The van der Waals surface area contributed by atoms with Crippen LogP contribution in [0.2, 0.25) is 0 Å². The van der Waals surface area contributed by atoms with Crippen LogP contribution >= 0.6 is 0 Å². The highest BCUT2D eigenvalue weighted by atomic mass is 16.5. The highest BCUT2D eigenvalue weighted by molar-refractivity contribution is 5.94. The molecule has 0 N–H and O–H groups in total. The molecule has 0 spiro atoms. The van der Waals surface area contributed by atoms with Crippen LogP contribution in [0.25, 0.3) is 0 Å². The molecule has 0 atom stereocenters. The number of rotatable bonds is 9. The SMILES string of the molecule is C=C(C)CCN(C(=O)Cc1ccc(OC)c(OC)c1)c1ccc(C(=O)OC)o1. The zero-order valence-electron chi connectivity index (χ0n) is 16.6. The molecule has 1 aromatic carbocycles. The van der Waals surface area contributed by atoms with Crippen LogP contribution in [0.3, 0.4) is 0 Å². The van der Waals surface area contributed by atoms with Gasteiger partial charge in [0.2, 0.25) is 17.6 Å². The minimum absolute atomic E-state index is 0.0386. The summed E-state index contributed by atoms with van der Waals surface area (Å²) in [4.78, 5) is 26.1. The predicted molar refractivity (Wildman–Crippen MR) is 105 cm³/mol. The molecular formula is C21H25NO6. The summed E-state index contributed by atoms with van der Waals surface area (Å²) < 4.78 is 20.7. The predicted octanol–water partition coefficient (Wildman–Crippen LogP) is 3.63. The second kappa shape index (κ2) is 9.64. The number of carbonyl (C=O) groups excluding carboxylic acids is 2. The van der Waals surface area contributed by atoms with E-state index in [-0.39, 0.29) is 24.0 Å². The van der Waals surface area contributed by atoms with Gasteiger partial charge in [-0.05, 0) is 37.1 Å². The Labute approximate surface area is 164 Å². The number of carbonyl (C=O) groups is 2. The zero-order valence-corrected chi connectivity index (χ0v) is 16.6. The van der Waals surface area contributed by atoms with Crippen molar-refractivity contribution in [1.29, 1.82) is 0 Å². The van der Waals surface area contributed by atoms with Gasteiger partial charge in [-0.2, -0.15) is 0 Å². The smallest absolute Gasteiger partial charge is 0.374 e. The topological polar surface area (TPSA) is 78.2 Å². The molecule has 2 rings (SSSR count). The first-order valence-electron chi connectivity index (χ1n) is 8.73. The van der Waals surface area contributed by atoms with Crippen LogP contribution in [0.4, 0.5) is 5.88 Å². The quantitative estimate of drug-likeness (QED) is 0.483. The zero-order chi connectivity index (χ0) is 20.7. The van der Waals surface area contributed by atoms with Gasteiger partial charge in [0.15, 0.2) is 11.5 Å². The molecule has 0 unspecified atom stereocenters. The highest BCUT2D eigenvalue weighted by Gasteiger charge is 2.22. The van der Waals surface area contributed by atoms with Gasteiger partial charge in [0.05, 0.1) is 27.8 Å². The van der Waals surface area contributed by atoms with Crippen LogP contribution < -0.4 is 14.4 Å². The molecule has 1 amide bonds. The van der Waals surface area contributed by atoms with Gasteiger partial charge in [-0.25, -0.2) is 4.79 Å². The molecule has 7 heteroatoms. The Morgan fingerprint density at radius 3 is 2.39 bits per heavy atom. The number of ether oxygens (including phenoxy) is 3. The third-order valence-corrected chi connectivity index (χ3v) is 4.11. The van der Waals surface area contributed by atoms with Crippen LogP contribution in [0, 0.1) is 0 Å². The lowest BCUT2D eigenvalue weighted by atomic mass is 10.1. The second-order valence-electron chi connectivity index (χ2n) is 6.25. The van der Waals surface area contributed by atoms with Gasteiger partial charge >= 0.3 is 5.97 Å². The van der Waals surface area contributed by atoms with Gasteiger partial charge in [0.1, 0.15) is 0 Å². The molecule has 0 aliphatic rings. The highest BCUT2D eigenvalue weighted by Crippen LogP contribution is 2.28. The van der Waals surface area contributed by atoms with E-state index in [1.807, 2.05) is 6.92 Å². The fraction of sp³-hybridized carbons (Fsp3) is 0.333. The fourth-order valence-electron chi connectivity index (χ4n) is 2.60. The summed E-state index contributed by atoms with van der Waals surface area (Å²) in [6.07, 6.45) is 0.733. The summed E-state index contributed by atoms with van der Waals surface area (Å²) in [5, 5.41) is 0. The lowest BCUT2D eigenvalue weighted by molar-refractivity contribution is -0.118. The van der Waals surface area contributed by atoms with Gasteiger partial charge in [-0.1, -0.05) is 11.6 Å². The summed E-state index contributed by atoms with van der Waals surface area (Å²) in [6, 6.07) is 8.38. The van der Waals surface area contributed by atoms with E-state index in [2.05, 4.69) is 11.3 Å². The van der Waals surface area contributed by atoms with Crippen LogP contribution in [0.1, 0.15) is 29.5 Å². The molecule has 1 aromatic heterocycles. The standard InChI is InChI=1S/C21H25NO6/c1-14(2)10-11-22(20-9-8-17(28-20)21(24)27-5)19(23)13-15-6-7-16(25-3)18(12-15)26-4/h6-9,12H,1,10-11,13H2,2-5H3. The summed E-state index contributed by atoms with van der Waals surface area (Å²) >= 11 is 0. The third kappa shape index (κ3) is 5.16. The molecule has 150 valence electrons. The third-order valence-electron chi connectivity index (χ3n) is 4.11. The number of hydrogen-bond acceptors (Lipinski definition) is 6. The lowest BCUT2D eigenvalue weighted by Gasteiger charge is -2.20. The molecule has 7 nitrogen and oxygen atoms in total. The van der Waals surface area contributed by atoms with Crippen molar-refractivity contribution >= 4 is 17.8 Å². The normalized spacial score (nSPS) is 10.3. The van der Waals surface area contributed by atoms with Crippen LogP contribution in [-0.2, 0) is 16.0 Å². The van der Waals surface area contributed by atoms with E-state index in [0.717, 1.165) is 11.1 Å². The Bertz CT molecular complexity index is 854. The Morgan fingerprint density at radius 1 is 1.07 bits per heavy atom. The van der Waals surface area contributed by atoms with E-state index in [1.165, 1.54) is 18.1 Å². The molecule has 0 saturated heterocycles. The molecule has 0 bridgehead atoms. The summed E-state index contributed by atoms with van der Waals surface area (Å²) in [5.41, 5.74) is 1.70. The van der Waals surface area contributed by atoms with E-state index in [9.17, 15) is 9.59 Å². The van der Waals surface area contributed by atoms with E-state index >= 15 is 0 Å². The number of anilines is 1. The van der Waals surface area contributed by atoms with Crippen molar-refractivity contribution < 1.29 is 28.2 Å². The molecule has 1 heterocycles. The average molecular weight is 387 g/mol. The maximum absolute atomic E-state index is 13.0. The number of amides is 1. The number of methoxy groups -OCH3 is 3. The monoisotopic (exact) mass is 387 g/mol. The summed E-state index contributed by atoms with van der Waals surface area (Å²) in [7, 11) is 4.36. The second-order valence-corrected chi connectivity index (χ2v) is 6.25. The molecular weight excluding hydrogens is 362 g/mol. The molecule has 0 aliphatic carbocycles. The Hall–Kier alpha value is -3.22. The first kappa shape index (κ1) is 21.1. The maximum atomic E-state index is 13.0. The lowest BCUT2D eigenvalue weighted by Crippen LogP contribution is -2.33. The molecule has 0 fully saturated rings. The van der Waals surface area contributed by atoms with Crippen molar-refractivity contribution in [2.24, 2.45) is 0 Å². The number of esters is 1. The van der Waals surface area contributed by atoms with Crippen molar-refractivity contribution in [3.05, 3.63) is 53.8 Å². The van der Waals surface area contributed by atoms with Crippen LogP contribution in [0.15, 0.2) is 46.9 Å². The van der Waals surface area contributed by atoms with E-state index in [1.54, 1.807) is 38.5 Å². The first-order valence-corrected chi connectivity index (χ1v) is 8.73. The molecule has 0 radical (unpaired) electrons. The van der Waals surface area contributed by atoms with Gasteiger partial charge < -0.3 is 18.6 Å². The number of hydrogen-bond donors (Lipinski definition) is 0. The summed E-state index contributed by atoms with van der Waals surface area (Å²) in [5.74, 6) is 0.681. The largest absolute Gasteiger partial charge is 0.493 e. The Balaban J connectivity index is 2.25. The van der Waals surface area contributed by atoms with Crippen molar-refractivity contribution in [3.63, 3.8) is 0 Å². The van der Waals surface area contributed by atoms with Gasteiger partial charge in [-0.3, -0.25) is 9.69 Å². The van der Waals surface area contributed by atoms with Crippen LogP contribution in [0.5, 0.6) is 11.5 Å². The Kier molecular flexibility index (Phi) is 7.26. The van der Waals surface area contributed by atoms with Crippen molar-refractivity contribution in [1.82, 2.24) is 0 Å². The van der Waals surface area contributed by atoms with Gasteiger partial charge in [0.25, 0.3) is 0 Å². The van der Waals surface area contributed by atoms with E-state index in [0.29, 0.717) is 24.5 Å². The minimum atomic E-state index is -0.599. The first-order chi connectivity index (χ1) is 13.4. The average Bonchev–Trinajstić information content (AvgIpc) is 3.16. The van der Waals surface area contributed by atoms with E-state index < -0.39 is 5.97 Å². The molecule has 28 heavy (non-hydrogen) atoms. The molecule has 2 aromatic rings. The number of benzene rings is 1. The number of nitrogens with zero attached hydrogens (tertiary/aromatic N) is 1.